The van der Waals surface area contributed by atoms with Crippen LogP contribution >= 0.6 is 11.6 Å². The highest BCUT2D eigenvalue weighted by Gasteiger charge is 2.29. The van der Waals surface area contributed by atoms with Gasteiger partial charge in [-0.3, -0.25) is 4.79 Å². The van der Waals surface area contributed by atoms with E-state index in [4.69, 9.17) is 26.2 Å². The molecule has 0 radical (unpaired) electrons. The molecule has 102 valence electrons. The standard InChI is InChI=1S/C13H19ClO4/c1-17-11-7-10(5-3-4-6-12(15)16)8-13(14,9-11)18-2/h7-8H,3-6,9H2,1-2H3,(H,15,16). The maximum Gasteiger partial charge on any atom is 0.303 e. The third-order valence-corrected chi connectivity index (χ3v) is 3.27. The van der Waals surface area contributed by atoms with Gasteiger partial charge in [0.2, 0.25) is 0 Å². The summed E-state index contributed by atoms with van der Waals surface area (Å²) in [5, 5.41) is 7.72. The smallest absolute Gasteiger partial charge is 0.303 e. The topological polar surface area (TPSA) is 55.8 Å². The molecule has 1 aliphatic rings. The van der Waals surface area contributed by atoms with Crippen LogP contribution in [0.5, 0.6) is 0 Å². The van der Waals surface area contributed by atoms with E-state index in [0.717, 1.165) is 24.2 Å². The first-order valence-corrected chi connectivity index (χ1v) is 6.29. The number of carbonyl (C=O) groups is 1. The van der Waals surface area contributed by atoms with Gasteiger partial charge in [0.15, 0.2) is 5.06 Å². The molecule has 0 saturated heterocycles. The van der Waals surface area contributed by atoms with Crippen LogP contribution in [0.15, 0.2) is 23.5 Å². The van der Waals surface area contributed by atoms with E-state index in [9.17, 15) is 4.79 Å². The molecule has 1 atom stereocenters. The molecule has 0 amide bonds. The summed E-state index contributed by atoms with van der Waals surface area (Å²) in [5.74, 6) is 0.0203. The number of rotatable bonds is 7. The molecule has 5 heteroatoms. The first kappa shape index (κ1) is 15.1. The maximum atomic E-state index is 10.4. The lowest BCUT2D eigenvalue weighted by Gasteiger charge is -2.27. The first-order chi connectivity index (χ1) is 8.49. The van der Waals surface area contributed by atoms with Crippen molar-refractivity contribution in [2.75, 3.05) is 14.2 Å². The van der Waals surface area contributed by atoms with Crippen molar-refractivity contribution < 1.29 is 19.4 Å². The number of carboxylic acid groups (broad SMARTS) is 1. The van der Waals surface area contributed by atoms with Crippen LogP contribution in [0.2, 0.25) is 0 Å². The zero-order chi connectivity index (χ0) is 13.6. The van der Waals surface area contributed by atoms with Crippen molar-refractivity contribution >= 4 is 17.6 Å². The van der Waals surface area contributed by atoms with Gasteiger partial charge in [0.1, 0.15) is 5.76 Å². The fourth-order valence-electron chi connectivity index (χ4n) is 1.88. The molecule has 0 bridgehead atoms. The average molecular weight is 275 g/mol. The number of alkyl halides is 1. The second-order valence-electron chi connectivity index (χ2n) is 4.30. The van der Waals surface area contributed by atoms with Gasteiger partial charge in [-0.15, -0.1) is 0 Å². The van der Waals surface area contributed by atoms with Crippen LogP contribution in [-0.2, 0) is 14.3 Å². The largest absolute Gasteiger partial charge is 0.501 e. The van der Waals surface area contributed by atoms with Gasteiger partial charge >= 0.3 is 5.97 Å². The fourth-order valence-corrected chi connectivity index (χ4v) is 2.15. The predicted octanol–water partition coefficient (Wildman–Crippen LogP) is 3.07. The summed E-state index contributed by atoms with van der Waals surface area (Å²) in [6.45, 7) is 0. The van der Waals surface area contributed by atoms with E-state index >= 15 is 0 Å². The number of unbranched alkanes of at least 4 members (excludes halogenated alkanes) is 1. The van der Waals surface area contributed by atoms with Gasteiger partial charge in [0.05, 0.1) is 13.5 Å². The Morgan fingerprint density at radius 1 is 1.50 bits per heavy atom. The molecule has 1 rings (SSSR count). The minimum atomic E-state index is -0.845. The van der Waals surface area contributed by atoms with Gasteiger partial charge in [-0.1, -0.05) is 11.6 Å². The fraction of sp³-hybridized carbons (Fsp3) is 0.615. The number of hydrogen-bond acceptors (Lipinski definition) is 3. The molecule has 0 aromatic carbocycles. The highest BCUT2D eigenvalue weighted by molar-refractivity contribution is 6.24. The normalized spacial score (nSPS) is 23.3. The molecule has 4 nitrogen and oxygen atoms in total. The van der Waals surface area contributed by atoms with Gasteiger partial charge < -0.3 is 14.6 Å². The van der Waals surface area contributed by atoms with Crippen molar-refractivity contribution in [3.05, 3.63) is 23.5 Å². The van der Waals surface area contributed by atoms with Crippen molar-refractivity contribution in [1.29, 1.82) is 0 Å². The van der Waals surface area contributed by atoms with Crippen LogP contribution in [-0.4, -0.2) is 30.4 Å². The van der Waals surface area contributed by atoms with Crippen molar-refractivity contribution in [3.63, 3.8) is 0 Å². The monoisotopic (exact) mass is 274 g/mol. The second kappa shape index (κ2) is 6.81. The van der Waals surface area contributed by atoms with Crippen LogP contribution in [0.1, 0.15) is 32.1 Å². The Kier molecular flexibility index (Phi) is 5.69. The zero-order valence-corrected chi connectivity index (χ0v) is 11.5. The number of ether oxygens (including phenoxy) is 2. The molecule has 1 aliphatic carbocycles. The van der Waals surface area contributed by atoms with Crippen molar-refractivity contribution in [2.45, 2.75) is 37.2 Å². The van der Waals surface area contributed by atoms with Crippen LogP contribution in [0.25, 0.3) is 0 Å². The van der Waals surface area contributed by atoms with Crippen molar-refractivity contribution in [1.82, 2.24) is 0 Å². The van der Waals surface area contributed by atoms with Gasteiger partial charge in [0.25, 0.3) is 0 Å². The summed E-state index contributed by atoms with van der Waals surface area (Å²) >= 11 is 6.28. The quantitative estimate of drug-likeness (QED) is 0.573. The molecule has 0 aliphatic heterocycles. The minimum Gasteiger partial charge on any atom is -0.501 e. The third kappa shape index (κ3) is 4.70. The minimum absolute atomic E-state index is 0.199. The van der Waals surface area contributed by atoms with E-state index in [1.165, 1.54) is 0 Å². The summed E-state index contributed by atoms with van der Waals surface area (Å²) in [7, 11) is 3.16. The van der Waals surface area contributed by atoms with Crippen LogP contribution in [0.3, 0.4) is 0 Å². The highest BCUT2D eigenvalue weighted by Crippen LogP contribution is 2.34. The van der Waals surface area contributed by atoms with Gasteiger partial charge in [-0.25, -0.2) is 0 Å². The summed E-state index contributed by atoms with van der Waals surface area (Å²) < 4.78 is 10.5. The Balaban J connectivity index is 2.56. The number of carboxylic acids is 1. The first-order valence-electron chi connectivity index (χ1n) is 5.91. The molecular weight excluding hydrogens is 256 g/mol. The van der Waals surface area contributed by atoms with E-state index in [1.54, 1.807) is 14.2 Å². The number of hydrogen-bond donors (Lipinski definition) is 1. The third-order valence-electron chi connectivity index (χ3n) is 2.87. The Labute approximate surface area is 112 Å². The van der Waals surface area contributed by atoms with E-state index in [0.29, 0.717) is 12.8 Å². The molecule has 0 saturated carbocycles. The number of methoxy groups -OCH3 is 2. The Bertz CT molecular complexity index is 362. The summed E-state index contributed by atoms with van der Waals surface area (Å²) in [6.07, 6.45) is 6.76. The number of halogens is 1. The zero-order valence-electron chi connectivity index (χ0n) is 10.7. The lowest BCUT2D eigenvalue weighted by Crippen LogP contribution is -2.25. The molecule has 1 N–H and O–H groups in total. The molecule has 0 aromatic heterocycles. The van der Waals surface area contributed by atoms with E-state index in [2.05, 4.69) is 0 Å². The average Bonchev–Trinajstić information content (AvgIpc) is 2.34. The Morgan fingerprint density at radius 2 is 2.22 bits per heavy atom. The van der Waals surface area contributed by atoms with Gasteiger partial charge in [0, 0.05) is 13.5 Å². The SMILES string of the molecule is COC1=CC(CCCCC(=O)O)=CC(Cl)(OC)C1. The molecule has 0 fully saturated rings. The molecule has 0 spiro atoms. The maximum absolute atomic E-state index is 10.4. The Hall–Kier alpha value is -1.00. The van der Waals surface area contributed by atoms with Gasteiger partial charge in [-0.2, -0.15) is 0 Å². The van der Waals surface area contributed by atoms with E-state index in [1.807, 2.05) is 12.2 Å². The molecular formula is C13H19ClO4. The molecule has 0 aromatic rings. The Morgan fingerprint density at radius 3 is 2.78 bits per heavy atom. The summed E-state index contributed by atoms with van der Waals surface area (Å²) in [5.41, 5.74) is 1.03. The van der Waals surface area contributed by atoms with Crippen LogP contribution < -0.4 is 0 Å². The second-order valence-corrected chi connectivity index (χ2v) is 4.94. The lowest BCUT2D eigenvalue weighted by molar-refractivity contribution is -0.137. The predicted molar refractivity (Wildman–Crippen MR) is 69.5 cm³/mol. The number of aliphatic carboxylic acids is 1. The van der Waals surface area contributed by atoms with Crippen LogP contribution in [0, 0.1) is 0 Å². The van der Waals surface area contributed by atoms with E-state index in [-0.39, 0.29) is 6.42 Å². The lowest BCUT2D eigenvalue weighted by atomic mass is 9.98. The molecule has 18 heavy (non-hydrogen) atoms. The molecule has 1 unspecified atom stereocenters. The number of allylic oxidation sites excluding steroid dienone is 2. The van der Waals surface area contributed by atoms with Crippen molar-refractivity contribution in [3.8, 4) is 0 Å². The van der Waals surface area contributed by atoms with Gasteiger partial charge in [-0.05, 0) is 37.0 Å². The van der Waals surface area contributed by atoms with Crippen LogP contribution in [0.4, 0.5) is 0 Å². The molecule has 0 heterocycles. The van der Waals surface area contributed by atoms with Crippen molar-refractivity contribution in [2.24, 2.45) is 0 Å². The summed E-state index contributed by atoms with van der Waals surface area (Å²) in [4.78, 5) is 10.4. The highest BCUT2D eigenvalue weighted by atomic mass is 35.5. The van der Waals surface area contributed by atoms with E-state index < -0.39 is 11.0 Å². The summed E-state index contributed by atoms with van der Waals surface area (Å²) in [6, 6.07) is 0.